The minimum atomic E-state index is -0.0338. The average molecular weight is 185 g/mol. The minimum absolute atomic E-state index is 0.0338. The molecule has 1 aliphatic rings. The molecule has 76 valence electrons. The summed E-state index contributed by atoms with van der Waals surface area (Å²) in [6, 6.07) is 0.213. The Bertz CT molecular complexity index is 184. The number of nitrogens with two attached hydrogens (primary N) is 1. The van der Waals surface area contributed by atoms with Crippen LogP contribution in [0.2, 0.25) is 0 Å². The molecule has 0 aliphatic carbocycles. The number of hydrogen-bond acceptors (Lipinski definition) is 3. The summed E-state index contributed by atoms with van der Waals surface area (Å²) in [5.41, 5.74) is 5.76. The average Bonchev–Trinajstić information content (AvgIpc) is 2.51. The monoisotopic (exact) mass is 185 g/mol. The van der Waals surface area contributed by atoms with Gasteiger partial charge in [-0.05, 0) is 20.3 Å². The van der Waals surface area contributed by atoms with E-state index < -0.39 is 0 Å². The normalized spacial score (nSPS) is 25.9. The fraction of sp³-hybridized carbons (Fsp3) is 0.889. The van der Waals surface area contributed by atoms with Crippen LogP contribution in [-0.2, 0) is 4.79 Å². The van der Waals surface area contributed by atoms with E-state index in [-0.39, 0.29) is 18.0 Å². The predicted molar refractivity (Wildman–Crippen MR) is 52.3 cm³/mol. The van der Waals surface area contributed by atoms with Crippen molar-refractivity contribution in [3.63, 3.8) is 0 Å². The molecule has 13 heavy (non-hydrogen) atoms. The van der Waals surface area contributed by atoms with Crippen molar-refractivity contribution in [2.45, 2.75) is 32.4 Å². The topological polar surface area (TPSA) is 58.4 Å². The SMILES string of the molecule is CCNC(=O)C(C)N1CC[C@H](N)C1. The predicted octanol–water partition coefficient (Wildman–Crippen LogP) is -0.456. The van der Waals surface area contributed by atoms with Crippen molar-refractivity contribution in [2.75, 3.05) is 19.6 Å². The van der Waals surface area contributed by atoms with Gasteiger partial charge in [0, 0.05) is 25.7 Å². The molecular formula is C9H19N3O. The molecule has 1 amide bonds. The van der Waals surface area contributed by atoms with E-state index in [1.165, 1.54) is 0 Å². The van der Waals surface area contributed by atoms with Gasteiger partial charge in [-0.2, -0.15) is 0 Å². The van der Waals surface area contributed by atoms with Crippen LogP contribution in [0.3, 0.4) is 0 Å². The Labute approximate surface area is 79.5 Å². The highest BCUT2D eigenvalue weighted by atomic mass is 16.2. The third-order valence-electron chi connectivity index (χ3n) is 2.53. The Kier molecular flexibility index (Phi) is 3.69. The highest BCUT2D eigenvalue weighted by molar-refractivity contribution is 5.81. The number of hydrogen-bond donors (Lipinski definition) is 2. The molecule has 2 atom stereocenters. The first-order valence-corrected chi connectivity index (χ1v) is 4.92. The number of likely N-dealkylation sites (tertiary alicyclic amines) is 1. The molecule has 4 heteroatoms. The highest BCUT2D eigenvalue weighted by Crippen LogP contribution is 2.10. The summed E-state index contributed by atoms with van der Waals surface area (Å²) >= 11 is 0. The van der Waals surface area contributed by atoms with E-state index >= 15 is 0 Å². The van der Waals surface area contributed by atoms with Crippen LogP contribution in [0.5, 0.6) is 0 Å². The number of likely N-dealkylation sites (N-methyl/N-ethyl adjacent to an activating group) is 1. The van der Waals surface area contributed by atoms with Crippen molar-refractivity contribution in [3.05, 3.63) is 0 Å². The second-order valence-corrected chi connectivity index (χ2v) is 3.61. The summed E-state index contributed by atoms with van der Waals surface area (Å²) in [6.07, 6.45) is 1.00. The number of nitrogens with zero attached hydrogens (tertiary/aromatic N) is 1. The number of amides is 1. The molecule has 0 aromatic carbocycles. The number of rotatable bonds is 3. The molecule has 0 radical (unpaired) electrons. The van der Waals surface area contributed by atoms with E-state index in [0.717, 1.165) is 19.5 Å². The Morgan fingerprint density at radius 1 is 1.77 bits per heavy atom. The van der Waals surface area contributed by atoms with E-state index in [1.54, 1.807) is 0 Å². The highest BCUT2D eigenvalue weighted by Gasteiger charge is 2.27. The number of carbonyl (C=O) groups is 1. The van der Waals surface area contributed by atoms with E-state index in [1.807, 2.05) is 13.8 Å². The Hall–Kier alpha value is -0.610. The van der Waals surface area contributed by atoms with Gasteiger partial charge in [-0.15, -0.1) is 0 Å². The van der Waals surface area contributed by atoms with Crippen LogP contribution in [0.1, 0.15) is 20.3 Å². The minimum Gasteiger partial charge on any atom is -0.355 e. The van der Waals surface area contributed by atoms with Crippen LogP contribution in [0.4, 0.5) is 0 Å². The van der Waals surface area contributed by atoms with Gasteiger partial charge in [0.15, 0.2) is 0 Å². The number of nitrogens with one attached hydrogen (secondary N) is 1. The summed E-state index contributed by atoms with van der Waals surface area (Å²) < 4.78 is 0. The van der Waals surface area contributed by atoms with Gasteiger partial charge in [-0.25, -0.2) is 0 Å². The molecule has 1 rings (SSSR count). The largest absolute Gasteiger partial charge is 0.355 e. The molecule has 0 aromatic heterocycles. The molecule has 1 unspecified atom stereocenters. The maximum Gasteiger partial charge on any atom is 0.237 e. The third-order valence-corrected chi connectivity index (χ3v) is 2.53. The first-order valence-electron chi connectivity index (χ1n) is 4.92. The van der Waals surface area contributed by atoms with Gasteiger partial charge in [0.2, 0.25) is 5.91 Å². The fourth-order valence-corrected chi connectivity index (χ4v) is 1.65. The zero-order valence-electron chi connectivity index (χ0n) is 8.42. The van der Waals surface area contributed by atoms with Gasteiger partial charge >= 0.3 is 0 Å². The first-order chi connectivity index (χ1) is 6.15. The van der Waals surface area contributed by atoms with Gasteiger partial charge in [-0.1, -0.05) is 0 Å². The third kappa shape index (κ3) is 2.67. The van der Waals surface area contributed by atoms with Crippen LogP contribution < -0.4 is 11.1 Å². The van der Waals surface area contributed by atoms with Crippen molar-refractivity contribution in [3.8, 4) is 0 Å². The maximum atomic E-state index is 11.4. The van der Waals surface area contributed by atoms with Crippen LogP contribution in [0, 0.1) is 0 Å². The van der Waals surface area contributed by atoms with Gasteiger partial charge in [0.25, 0.3) is 0 Å². The lowest BCUT2D eigenvalue weighted by molar-refractivity contribution is -0.125. The summed E-state index contributed by atoms with van der Waals surface area (Å²) in [5, 5.41) is 2.82. The van der Waals surface area contributed by atoms with Crippen molar-refractivity contribution in [1.82, 2.24) is 10.2 Å². The van der Waals surface area contributed by atoms with E-state index in [0.29, 0.717) is 6.54 Å². The van der Waals surface area contributed by atoms with Crippen LogP contribution in [0.25, 0.3) is 0 Å². The fourth-order valence-electron chi connectivity index (χ4n) is 1.65. The summed E-state index contributed by atoms with van der Waals surface area (Å²) in [5.74, 6) is 0.108. The Morgan fingerprint density at radius 3 is 2.92 bits per heavy atom. The molecule has 1 heterocycles. The number of carbonyl (C=O) groups excluding carboxylic acids is 1. The first kappa shape index (κ1) is 10.5. The lowest BCUT2D eigenvalue weighted by Gasteiger charge is -2.22. The van der Waals surface area contributed by atoms with Crippen molar-refractivity contribution >= 4 is 5.91 Å². The summed E-state index contributed by atoms with van der Waals surface area (Å²) in [6.45, 7) is 6.35. The molecule has 3 N–H and O–H groups in total. The second kappa shape index (κ2) is 4.58. The van der Waals surface area contributed by atoms with Gasteiger partial charge in [0.1, 0.15) is 0 Å². The van der Waals surface area contributed by atoms with Crippen molar-refractivity contribution in [2.24, 2.45) is 5.73 Å². The molecule has 0 aromatic rings. The van der Waals surface area contributed by atoms with Crippen LogP contribution >= 0.6 is 0 Å². The molecule has 0 bridgehead atoms. The lowest BCUT2D eigenvalue weighted by atomic mass is 10.3. The lowest BCUT2D eigenvalue weighted by Crippen LogP contribution is -2.44. The molecule has 4 nitrogen and oxygen atoms in total. The zero-order valence-corrected chi connectivity index (χ0v) is 8.42. The quantitative estimate of drug-likeness (QED) is 0.626. The van der Waals surface area contributed by atoms with Crippen molar-refractivity contribution < 1.29 is 4.79 Å². The summed E-state index contributed by atoms with van der Waals surface area (Å²) in [7, 11) is 0. The van der Waals surface area contributed by atoms with Gasteiger partial charge in [0.05, 0.1) is 6.04 Å². The molecular weight excluding hydrogens is 166 g/mol. The van der Waals surface area contributed by atoms with Gasteiger partial charge < -0.3 is 11.1 Å². The Balaban J connectivity index is 2.38. The molecule has 1 aliphatic heterocycles. The van der Waals surface area contributed by atoms with E-state index in [9.17, 15) is 4.79 Å². The summed E-state index contributed by atoms with van der Waals surface area (Å²) in [4.78, 5) is 13.6. The second-order valence-electron chi connectivity index (χ2n) is 3.61. The Morgan fingerprint density at radius 2 is 2.46 bits per heavy atom. The molecule has 0 spiro atoms. The van der Waals surface area contributed by atoms with Crippen LogP contribution in [0.15, 0.2) is 0 Å². The van der Waals surface area contributed by atoms with Crippen molar-refractivity contribution in [1.29, 1.82) is 0 Å². The van der Waals surface area contributed by atoms with Gasteiger partial charge in [-0.3, -0.25) is 9.69 Å². The smallest absolute Gasteiger partial charge is 0.237 e. The molecule has 1 fully saturated rings. The molecule has 1 saturated heterocycles. The van der Waals surface area contributed by atoms with E-state index in [4.69, 9.17) is 5.73 Å². The standard InChI is InChI=1S/C9H19N3O/c1-3-11-9(13)7(2)12-5-4-8(10)6-12/h7-8H,3-6,10H2,1-2H3,(H,11,13)/t7?,8-/m0/s1. The maximum absolute atomic E-state index is 11.4. The molecule has 0 saturated carbocycles. The van der Waals surface area contributed by atoms with Crippen LogP contribution in [-0.4, -0.2) is 42.5 Å². The van der Waals surface area contributed by atoms with E-state index in [2.05, 4.69) is 10.2 Å². The zero-order chi connectivity index (χ0) is 9.84.